The maximum Gasteiger partial charge on any atom is 0.304 e. The molecule has 1 unspecified atom stereocenters. The predicted molar refractivity (Wildman–Crippen MR) is 78.7 cm³/mol. The Morgan fingerprint density at radius 3 is 2.48 bits per heavy atom. The van der Waals surface area contributed by atoms with Crippen molar-refractivity contribution < 1.29 is 18.3 Å². The lowest BCUT2D eigenvalue weighted by atomic mass is 9.87. The van der Waals surface area contributed by atoms with Crippen LogP contribution in [0.4, 0.5) is 0 Å². The molecule has 1 heterocycles. The molecular weight excluding hydrogens is 318 g/mol. The van der Waals surface area contributed by atoms with Crippen molar-refractivity contribution in [3.63, 3.8) is 0 Å². The van der Waals surface area contributed by atoms with Gasteiger partial charge in [0.2, 0.25) is 0 Å². The van der Waals surface area contributed by atoms with Gasteiger partial charge >= 0.3 is 5.97 Å². The molecule has 1 aromatic rings. The number of nitrogens with one attached hydrogen (secondary N) is 1. The molecule has 0 fully saturated rings. The normalized spacial score (nSPS) is 14.1. The van der Waals surface area contributed by atoms with E-state index in [1.54, 1.807) is 0 Å². The third kappa shape index (κ3) is 5.29. The molecule has 0 aliphatic rings. The van der Waals surface area contributed by atoms with Gasteiger partial charge in [0, 0.05) is 13.1 Å². The molecular formula is C12H20ClN3O4S. The highest BCUT2D eigenvalue weighted by Gasteiger charge is 2.29. The Labute approximate surface area is 129 Å². The van der Waals surface area contributed by atoms with Crippen molar-refractivity contribution in [2.45, 2.75) is 44.7 Å². The smallest absolute Gasteiger partial charge is 0.304 e. The first-order chi connectivity index (χ1) is 9.42. The number of aromatic nitrogens is 2. The molecule has 1 aromatic heterocycles. The summed E-state index contributed by atoms with van der Waals surface area (Å²) >= 11 is 5.83. The molecule has 0 saturated carbocycles. The summed E-state index contributed by atoms with van der Waals surface area (Å²) in [5.74, 6) is -1.07. The third-order valence-electron chi connectivity index (χ3n) is 2.70. The summed E-state index contributed by atoms with van der Waals surface area (Å²) in [5, 5.41) is 12.5. The highest BCUT2D eigenvalue weighted by Crippen LogP contribution is 2.25. The molecule has 21 heavy (non-hydrogen) atoms. The number of aryl methyl sites for hydroxylation is 1. The van der Waals surface area contributed by atoms with Gasteiger partial charge in [-0.15, -0.1) is 0 Å². The molecule has 0 aromatic carbocycles. The number of nitrogens with zero attached hydrogens (tertiary/aromatic N) is 2. The Balaban J connectivity index is 3.04. The number of carboxylic acids is 1. The van der Waals surface area contributed by atoms with Crippen molar-refractivity contribution >= 4 is 27.6 Å². The summed E-state index contributed by atoms with van der Waals surface area (Å²) < 4.78 is 28.3. The van der Waals surface area contributed by atoms with E-state index in [1.807, 2.05) is 20.8 Å². The molecule has 0 bridgehead atoms. The van der Waals surface area contributed by atoms with Gasteiger partial charge in [0.1, 0.15) is 0 Å². The number of hydrogen-bond donors (Lipinski definition) is 2. The lowest BCUT2D eigenvalue weighted by Gasteiger charge is -2.25. The van der Waals surface area contributed by atoms with Gasteiger partial charge in [-0.3, -0.25) is 9.48 Å². The fraction of sp³-hybridized carbons (Fsp3) is 0.667. The second-order valence-corrected chi connectivity index (χ2v) is 8.14. The Morgan fingerprint density at radius 2 is 2.10 bits per heavy atom. The molecule has 0 aliphatic heterocycles. The average Bonchev–Trinajstić information content (AvgIpc) is 2.54. The summed E-state index contributed by atoms with van der Waals surface area (Å²) in [7, 11) is -2.49. The average molecular weight is 338 g/mol. The minimum atomic E-state index is -3.94. The highest BCUT2D eigenvalue weighted by molar-refractivity contribution is 7.89. The van der Waals surface area contributed by atoms with Crippen LogP contribution < -0.4 is 4.72 Å². The minimum Gasteiger partial charge on any atom is -0.481 e. The van der Waals surface area contributed by atoms with E-state index < -0.39 is 22.0 Å². The summed E-state index contributed by atoms with van der Waals surface area (Å²) in [6.07, 6.45) is 1.31. The fourth-order valence-electron chi connectivity index (χ4n) is 2.08. The number of sulfonamides is 1. The van der Waals surface area contributed by atoms with E-state index in [4.69, 9.17) is 16.7 Å². The lowest BCUT2D eigenvalue weighted by molar-refractivity contribution is -0.137. The fourth-order valence-corrected chi connectivity index (χ4v) is 3.97. The van der Waals surface area contributed by atoms with Crippen molar-refractivity contribution in [1.82, 2.24) is 14.5 Å². The van der Waals surface area contributed by atoms with Crippen LogP contribution in [-0.2, 0) is 21.9 Å². The molecule has 120 valence electrons. The molecule has 1 atom stereocenters. The quantitative estimate of drug-likeness (QED) is 0.821. The molecule has 0 spiro atoms. The van der Waals surface area contributed by atoms with Gasteiger partial charge in [-0.05, 0) is 11.8 Å². The van der Waals surface area contributed by atoms with E-state index in [2.05, 4.69) is 9.82 Å². The Kier molecular flexibility index (Phi) is 5.40. The number of hydrogen-bond acceptors (Lipinski definition) is 4. The van der Waals surface area contributed by atoms with E-state index in [1.165, 1.54) is 13.2 Å². The maximum absolute atomic E-state index is 12.4. The zero-order valence-corrected chi connectivity index (χ0v) is 14.0. The zero-order chi connectivity index (χ0) is 16.4. The second-order valence-electron chi connectivity index (χ2n) is 6.10. The number of aliphatic carboxylic acids is 1. The van der Waals surface area contributed by atoms with Gasteiger partial charge in [0.15, 0.2) is 5.03 Å². The number of rotatable bonds is 6. The summed E-state index contributed by atoms with van der Waals surface area (Å²) in [5.41, 5.74) is -0.223. The van der Waals surface area contributed by atoms with Gasteiger partial charge < -0.3 is 5.11 Å². The summed E-state index contributed by atoms with van der Waals surface area (Å²) in [6.45, 7) is 5.73. The largest absolute Gasteiger partial charge is 0.481 e. The van der Waals surface area contributed by atoms with Crippen LogP contribution in [-0.4, -0.2) is 35.3 Å². The maximum atomic E-state index is 12.4. The van der Waals surface area contributed by atoms with Crippen LogP contribution in [0.25, 0.3) is 0 Å². The third-order valence-corrected chi connectivity index (χ3v) is 4.72. The first-order valence-electron chi connectivity index (χ1n) is 6.34. The Morgan fingerprint density at radius 1 is 1.52 bits per heavy atom. The van der Waals surface area contributed by atoms with Gasteiger partial charge in [-0.1, -0.05) is 32.4 Å². The Hall–Kier alpha value is -1.12. The van der Waals surface area contributed by atoms with Crippen molar-refractivity contribution in [2.75, 3.05) is 0 Å². The predicted octanol–water partition coefficient (Wildman–Crippen LogP) is 1.63. The van der Waals surface area contributed by atoms with E-state index in [0.717, 1.165) is 4.68 Å². The summed E-state index contributed by atoms with van der Waals surface area (Å²) in [6, 6.07) is -0.724. The summed E-state index contributed by atoms with van der Waals surface area (Å²) in [4.78, 5) is 10.9. The van der Waals surface area contributed by atoms with Crippen LogP contribution in [0, 0.1) is 5.41 Å². The van der Waals surface area contributed by atoms with Crippen molar-refractivity contribution in [3.05, 3.63) is 11.2 Å². The Bertz CT molecular complexity index is 599. The van der Waals surface area contributed by atoms with Crippen molar-refractivity contribution in [1.29, 1.82) is 0 Å². The van der Waals surface area contributed by atoms with E-state index in [-0.39, 0.29) is 21.9 Å². The first kappa shape index (κ1) is 17.9. The van der Waals surface area contributed by atoms with E-state index >= 15 is 0 Å². The molecule has 9 heteroatoms. The standard InChI is InChI=1S/C12H20ClN3O4S/c1-12(2,3)6-8(5-10(17)18)15-21(19,20)11-9(13)7-14-16(11)4/h7-8,15H,5-6H2,1-4H3,(H,17,18). The van der Waals surface area contributed by atoms with Gasteiger partial charge in [-0.25, -0.2) is 13.1 Å². The lowest BCUT2D eigenvalue weighted by Crippen LogP contribution is -2.39. The van der Waals surface area contributed by atoms with Crippen molar-refractivity contribution in [3.8, 4) is 0 Å². The SMILES string of the molecule is Cn1ncc(Cl)c1S(=O)(=O)NC(CC(=O)O)CC(C)(C)C. The van der Waals surface area contributed by atoms with Crippen LogP contribution >= 0.6 is 11.6 Å². The number of halogens is 1. The van der Waals surface area contributed by atoms with Crippen LogP contribution in [0.15, 0.2) is 11.2 Å². The second kappa shape index (κ2) is 6.33. The topological polar surface area (TPSA) is 101 Å². The molecule has 7 nitrogen and oxygen atoms in total. The molecule has 2 N–H and O–H groups in total. The van der Waals surface area contributed by atoms with Crippen LogP contribution in [0.3, 0.4) is 0 Å². The molecule has 1 rings (SSSR count). The number of carboxylic acid groups (broad SMARTS) is 1. The van der Waals surface area contributed by atoms with Gasteiger partial charge in [0.25, 0.3) is 10.0 Å². The van der Waals surface area contributed by atoms with Crippen LogP contribution in [0.1, 0.15) is 33.6 Å². The molecule has 0 aliphatic carbocycles. The highest BCUT2D eigenvalue weighted by atomic mass is 35.5. The van der Waals surface area contributed by atoms with E-state index in [9.17, 15) is 13.2 Å². The van der Waals surface area contributed by atoms with E-state index in [0.29, 0.717) is 6.42 Å². The monoisotopic (exact) mass is 337 g/mol. The van der Waals surface area contributed by atoms with Crippen molar-refractivity contribution in [2.24, 2.45) is 12.5 Å². The zero-order valence-electron chi connectivity index (χ0n) is 12.4. The van der Waals surface area contributed by atoms with Crippen LogP contribution in [0.2, 0.25) is 5.02 Å². The van der Waals surface area contributed by atoms with Gasteiger partial charge in [-0.2, -0.15) is 5.10 Å². The number of carbonyl (C=O) groups is 1. The molecule has 0 amide bonds. The molecule has 0 radical (unpaired) electrons. The molecule has 0 saturated heterocycles. The first-order valence-corrected chi connectivity index (χ1v) is 8.20. The van der Waals surface area contributed by atoms with Gasteiger partial charge in [0.05, 0.1) is 17.6 Å². The van der Waals surface area contributed by atoms with Crippen LogP contribution in [0.5, 0.6) is 0 Å². The minimum absolute atomic E-state index is 0.00478.